The highest BCUT2D eigenvalue weighted by atomic mass is 79.9. The maximum Gasteiger partial charge on any atom is 0.338 e. The van der Waals surface area contributed by atoms with Crippen LogP contribution in [0, 0.1) is 0 Å². The van der Waals surface area contributed by atoms with Crippen molar-refractivity contribution in [3.8, 4) is 17.1 Å². The number of carbonyl (C=O) groups is 1. The molecule has 134 valence electrons. The summed E-state index contributed by atoms with van der Waals surface area (Å²) in [5, 5.41) is 0.855. The number of esters is 1. The maximum atomic E-state index is 12.2. The van der Waals surface area contributed by atoms with E-state index in [-0.39, 0.29) is 6.61 Å². The largest absolute Gasteiger partial charge is 0.496 e. The lowest BCUT2D eigenvalue weighted by molar-refractivity contribution is 0.0446. The summed E-state index contributed by atoms with van der Waals surface area (Å²) in [7, 11) is 1.55. The topological polar surface area (TPSA) is 48.7 Å². The van der Waals surface area contributed by atoms with Gasteiger partial charge in [0.25, 0.3) is 0 Å². The summed E-state index contributed by atoms with van der Waals surface area (Å²) in [5.74, 6) is 1.22. The third-order valence-electron chi connectivity index (χ3n) is 3.61. The Labute approximate surface area is 168 Å². The van der Waals surface area contributed by atoms with Gasteiger partial charge >= 0.3 is 5.97 Å². The van der Waals surface area contributed by atoms with Crippen molar-refractivity contribution >= 4 is 45.1 Å². The van der Waals surface area contributed by atoms with Gasteiger partial charge in [-0.3, -0.25) is 0 Å². The van der Waals surface area contributed by atoms with Gasteiger partial charge in [-0.15, -0.1) is 0 Å². The van der Waals surface area contributed by atoms with Crippen LogP contribution in [0.1, 0.15) is 16.1 Å². The third kappa shape index (κ3) is 4.06. The van der Waals surface area contributed by atoms with E-state index in [1.807, 2.05) is 0 Å². The Kier molecular flexibility index (Phi) is 5.91. The number of benzene rings is 2. The molecule has 0 amide bonds. The van der Waals surface area contributed by atoms with E-state index in [1.165, 1.54) is 0 Å². The van der Waals surface area contributed by atoms with Gasteiger partial charge in [0.15, 0.2) is 0 Å². The van der Waals surface area contributed by atoms with Gasteiger partial charge in [-0.25, -0.2) is 4.79 Å². The normalized spacial score (nSPS) is 10.6. The monoisotopic (exact) mass is 454 g/mol. The van der Waals surface area contributed by atoms with E-state index in [0.29, 0.717) is 42.9 Å². The number of furan rings is 1. The van der Waals surface area contributed by atoms with Gasteiger partial charge in [-0.05, 0) is 58.4 Å². The highest BCUT2D eigenvalue weighted by molar-refractivity contribution is 9.10. The lowest BCUT2D eigenvalue weighted by atomic mass is 10.2. The van der Waals surface area contributed by atoms with Crippen LogP contribution in [0.2, 0.25) is 10.0 Å². The number of methoxy groups -OCH3 is 1. The number of rotatable bonds is 5. The molecule has 0 saturated carbocycles. The van der Waals surface area contributed by atoms with Gasteiger partial charge in [0.05, 0.1) is 27.2 Å². The standard InChI is InChI=1S/C19H13BrCl2O4/c1-24-17-7-5-11(9-14(17)20)19(23)25-10-12-6-8-16(26-12)13-3-2-4-15(21)18(13)22/h2-9H,10H2,1H3. The van der Waals surface area contributed by atoms with Gasteiger partial charge in [-0.2, -0.15) is 0 Å². The summed E-state index contributed by atoms with van der Waals surface area (Å²) in [6, 6.07) is 13.7. The number of halogens is 3. The van der Waals surface area contributed by atoms with E-state index in [1.54, 1.807) is 55.6 Å². The molecule has 0 unspecified atom stereocenters. The SMILES string of the molecule is COc1ccc(C(=O)OCc2ccc(-c3cccc(Cl)c3Cl)o2)cc1Br. The molecule has 26 heavy (non-hydrogen) atoms. The number of hydrogen-bond acceptors (Lipinski definition) is 4. The Morgan fingerprint density at radius 1 is 1.15 bits per heavy atom. The molecule has 0 aliphatic carbocycles. The van der Waals surface area contributed by atoms with Gasteiger partial charge in [0, 0.05) is 5.56 Å². The number of ether oxygens (including phenoxy) is 2. The molecule has 3 rings (SSSR count). The molecule has 4 nitrogen and oxygen atoms in total. The summed E-state index contributed by atoms with van der Waals surface area (Å²) in [6.07, 6.45) is 0. The van der Waals surface area contributed by atoms with Crippen molar-refractivity contribution in [3.05, 3.63) is 74.4 Å². The summed E-state index contributed by atoms with van der Waals surface area (Å²) in [5.41, 5.74) is 1.08. The summed E-state index contributed by atoms with van der Waals surface area (Å²) in [4.78, 5) is 12.2. The average Bonchev–Trinajstić information content (AvgIpc) is 3.10. The van der Waals surface area contributed by atoms with Gasteiger partial charge in [-0.1, -0.05) is 29.3 Å². The third-order valence-corrected chi connectivity index (χ3v) is 5.05. The van der Waals surface area contributed by atoms with Gasteiger partial charge < -0.3 is 13.9 Å². The smallest absolute Gasteiger partial charge is 0.338 e. The second kappa shape index (κ2) is 8.16. The van der Waals surface area contributed by atoms with Crippen LogP contribution in [0.5, 0.6) is 5.75 Å². The first-order valence-electron chi connectivity index (χ1n) is 7.53. The first-order valence-corrected chi connectivity index (χ1v) is 9.08. The molecule has 0 aliphatic heterocycles. The van der Waals surface area contributed by atoms with Gasteiger partial charge in [0.1, 0.15) is 23.9 Å². The summed E-state index contributed by atoms with van der Waals surface area (Å²) < 4.78 is 16.8. The minimum Gasteiger partial charge on any atom is -0.496 e. The van der Waals surface area contributed by atoms with E-state index in [0.717, 1.165) is 0 Å². The fourth-order valence-corrected chi connectivity index (χ4v) is 3.24. The van der Waals surface area contributed by atoms with Crippen molar-refractivity contribution in [3.63, 3.8) is 0 Å². The minimum absolute atomic E-state index is 0.000661. The zero-order chi connectivity index (χ0) is 18.7. The molecule has 0 N–H and O–H groups in total. The van der Waals surface area contributed by atoms with E-state index in [9.17, 15) is 4.79 Å². The first kappa shape index (κ1) is 18.8. The fourth-order valence-electron chi connectivity index (χ4n) is 2.31. The van der Waals surface area contributed by atoms with Crippen molar-refractivity contribution in [2.75, 3.05) is 7.11 Å². The maximum absolute atomic E-state index is 12.2. The Bertz CT molecular complexity index is 952. The second-order valence-corrected chi connectivity index (χ2v) is 6.93. The molecule has 3 aromatic rings. The molecule has 0 aliphatic rings. The van der Waals surface area contributed by atoms with Crippen LogP contribution >= 0.6 is 39.1 Å². The number of hydrogen-bond donors (Lipinski definition) is 0. The van der Waals surface area contributed by atoms with Crippen LogP contribution in [-0.4, -0.2) is 13.1 Å². The summed E-state index contributed by atoms with van der Waals surface area (Å²) in [6.45, 7) is 0.000661. The highest BCUT2D eigenvalue weighted by Crippen LogP contribution is 2.34. The van der Waals surface area contributed by atoms with Crippen LogP contribution in [-0.2, 0) is 11.3 Å². The molecule has 2 aromatic carbocycles. The minimum atomic E-state index is -0.466. The Hall–Kier alpha value is -1.95. The number of carbonyl (C=O) groups excluding carboxylic acids is 1. The zero-order valence-corrected chi connectivity index (χ0v) is 16.7. The molecule has 0 bridgehead atoms. The van der Waals surface area contributed by atoms with Crippen molar-refractivity contribution in [1.82, 2.24) is 0 Å². The second-order valence-electron chi connectivity index (χ2n) is 5.29. The lowest BCUT2D eigenvalue weighted by Gasteiger charge is -2.06. The Morgan fingerprint density at radius 3 is 2.69 bits per heavy atom. The van der Waals surface area contributed by atoms with Crippen LogP contribution < -0.4 is 4.74 Å². The van der Waals surface area contributed by atoms with Crippen LogP contribution in [0.4, 0.5) is 0 Å². The molecule has 0 fully saturated rings. The Balaban J connectivity index is 1.69. The van der Waals surface area contributed by atoms with Crippen molar-refractivity contribution in [2.45, 2.75) is 6.61 Å². The predicted molar refractivity (Wildman–Crippen MR) is 104 cm³/mol. The molecule has 1 aromatic heterocycles. The first-order chi connectivity index (χ1) is 12.5. The summed E-state index contributed by atoms with van der Waals surface area (Å²) >= 11 is 15.6. The fraction of sp³-hybridized carbons (Fsp3) is 0.105. The molecule has 1 heterocycles. The van der Waals surface area contributed by atoms with Crippen LogP contribution in [0.25, 0.3) is 11.3 Å². The van der Waals surface area contributed by atoms with Crippen molar-refractivity contribution < 1.29 is 18.7 Å². The van der Waals surface area contributed by atoms with Crippen LogP contribution in [0.3, 0.4) is 0 Å². The van der Waals surface area contributed by atoms with E-state index in [2.05, 4.69) is 15.9 Å². The predicted octanol–water partition coefficient (Wildman–Crippen LogP) is 6.38. The van der Waals surface area contributed by atoms with E-state index < -0.39 is 5.97 Å². The van der Waals surface area contributed by atoms with Crippen molar-refractivity contribution in [1.29, 1.82) is 0 Å². The Morgan fingerprint density at radius 2 is 1.96 bits per heavy atom. The highest BCUT2D eigenvalue weighted by Gasteiger charge is 2.14. The lowest BCUT2D eigenvalue weighted by Crippen LogP contribution is -2.05. The molecular weight excluding hydrogens is 443 g/mol. The molecule has 0 radical (unpaired) electrons. The molecule has 0 spiro atoms. The average molecular weight is 456 g/mol. The molecule has 7 heteroatoms. The van der Waals surface area contributed by atoms with Crippen LogP contribution in [0.15, 0.2) is 57.4 Å². The van der Waals surface area contributed by atoms with E-state index >= 15 is 0 Å². The zero-order valence-electron chi connectivity index (χ0n) is 13.6. The van der Waals surface area contributed by atoms with Crippen molar-refractivity contribution in [2.24, 2.45) is 0 Å². The molecule has 0 atom stereocenters. The van der Waals surface area contributed by atoms with Gasteiger partial charge in [0.2, 0.25) is 0 Å². The molecule has 0 saturated heterocycles. The van der Waals surface area contributed by atoms with E-state index in [4.69, 9.17) is 37.1 Å². The molecular formula is C19H13BrCl2O4. The quantitative estimate of drug-likeness (QED) is 0.418.